The summed E-state index contributed by atoms with van der Waals surface area (Å²) in [5.74, 6) is -2.16. The van der Waals surface area contributed by atoms with Gasteiger partial charge in [0.2, 0.25) is 5.91 Å². The first-order valence-electron chi connectivity index (χ1n) is 11.0. The maximum absolute atomic E-state index is 12.7. The maximum atomic E-state index is 12.7. The summed E-state index contributed by atoms with van der Waals surface area (Å²) in [4.78, 5) is 36.7. The Morgan fingerprint density at radius 2 is 1.58 bits per heavy atom. The second-order valence-corrected chi connectivity index (χ2v) is 8.19. The lowest BCUT2D eigenvalue weighted by molar-refractivity contribution is -0.143. The van der Waals surface area contributed by atoms with Crippen molar-refractivity contribution in [3.63, 3.8) is 0 Å². The predicted molar refractivity (Wildman–Crippen MR) is 123 cm³/mol. The summed E-state index contributed by atoms with van der Waals surface area (Å²) in [7, 11) is 1.39. The fraction of sp³-hybridized carbons (Fsp3) is 0.400. The van der Waals surface area contributed by atoms with Crippen LogP contribution in [0, 0.1) is 5.92 Å². The molecule has 0 fully saturated rings. The summed E-state index contributed by atoms with van der Waals surface area (Å²) < 4.78 is 10.5. The minimum Gasteiger partial charge on any atom is -0.480 e. The van der Waals surface area contributed by atoms with Crippen LogP contribution in [0.1, 0.15) is 37.3 Å². The third-order valence-corrected chi connectivity index (χ3v) is 6.06. The molecule has 3 atom stereocenters. The molecular weight excluding hydrogens is 424 g/mol. The molecule has 176 valence electrons. The van der Waals surface area contributed by atoms with Crippen molar-refractivity contribution in [1.82, 2.24) is 10.6 Å². The monoisotopic (exact) mass is 454 g/mol. The lowest BCUT2D eigenvalue weighted by Crippen LogP contribution is -2.55. The molecule has 2 aromatic rings. The first-order chi connectivity index (χ1) is 15.9. The summed E-state index contributed by atoms with van der Waals surface area (Å²) >= 11 is 0. The van der Waals surface area contributed by atoms with Gasteiger partial charge in [-0.3, -0.25) is 4.79 Å². The van der Waals surface area contributed by atoms with Crippen LogP contribution in [0.3, 0.4) is 0 Å². The number of carbonyl (C=O) groups excluding carboxylic acids is 2. The summed E-state index contributed by atoms with van der Waals surface area (Å²) in [5.41, 5.74) is 4.39. The number of alkyl carbamates (subject to hydrolysis) is 1. The van der Waals surface area contributed by atoms with E-state index in [-0.39, 0.29) is 25.0 Å². The third kappa shape index (κ3) is 5.51. The number of fused-ring (bicyclic) bond motifs is 3. The molecule has 0 saturated carbocycles. The van der Waals surface area contributed by atoms with Crippen LogP contribution in [-0.4, -0.2) is 55.5 Å². The van der Waals surface area contributed by atoms with E-state index in [0.717, 1.165) is 22.3 Å². The number of carboxylic acid groups (broad SMARTS) is 1. The van der Waals surface area contributed by atoms with E-state index >= 15 is 0 Å². The Kier molecular flexibility index (Phi) is 8.06. The zero-order valence-corrected chi connectivity index (χ0v) is 19.0. The van der Waals surface area contributed by atoms with Crippen LogP contribution in [-0.2, 0) is 19.1 Å². The van der Waals surface area contributed by atoms with E-state index < -0.39 is 30.1 Å². The molecule has 0 bridgehead atoms. The van der Waals surface area contributed by atoms with E-state index in [1.165, 1.54) is 7.11 Å². The van der Waals surface area contributed by atoms with Gasteiger partial charge in [0, 0.05) is 13.0 Å². The van der Waals surface area contributed by atoms with Crippen LogP contribution in [0.4, 0.5) is 4.79 Å². The van der Waals surface area contributed by atoms with Gasteiger partial charge in [-0.2, -0.15) is 0 Å². The Balaban J connectivity index is 1.65. The van der Waals surface area contributed by atoms with Crippen molar-refractivity contribution in [2.45, 2.75) is 38.3 Å². The fourth-order valence-electron chi connectivity index (χ4n) is 4.07. The van der Waals surface area contributed by atoms with Gasteiger partial charge in [0.25, 0.3) is 0 Å². The molecule has 0 spiro atoms. The fourth-order valence-corrected chi connectivity index (χ4v) is 4.07. The number of carboxylic acids is 1. The van der Waals surface area contributed by atoms with E-state index in [4.69, 9.17) is 9.47 Å². The summed E-state index contributed by atoms with van der Waals surface area (Å²) in [6.07, 6.45) is -0.198. The normalized spacial score (nSPS) is 15.0. The largest absolute Gasteiger partial charge is 0.480 e. The third-order valence-electron chi connectivity index (χ3n) is 6.06. The van der Waals surface area contributed by atoms with Gasteiger partial charge in [0.15, 0.2) is 0 Å². The number of ether oxygens (including phenoxy) is 2. The van der Waals surface area contributed by atoms with Crippen molar-refractivity contribution < 1.29 is 29.0 Å². The highest BCUT2D eigenvalue weighted by Crippen LogP contribution is 2.44. The topological polar surface area (TPSA) is 114 Å². The molecule has 1 aliphatic carbocycles. The SMILES string of the molecule is CCC(C)[C@H](NC(=O)[C@H](COC)NC(=O)OCC1c2ccccc2-c2ccccc21)C(=O)O. The Bertz CT molecular complexity index is 962. The molecule has 3 rings (SSSR count). The smallest absolute Gasteiger partial charge is 0.407 e. The highest BCUT2D eigenvalue weighted by molar-refractivity contribution is 5.89. The van der Waals surface area contributed by atoms with Gasteiger partial charge in [-0.05, 0) is 28.2 Å². The second kappa shape index (κ2) is 11.0. The van der Waals surface area contributed by atoms with Crippen LogP contribution in [0.5, 0.6) is 0 Å². The first kappa shape index (κ1) is 24.3. The number of methoxy groups -OCH3 is 1. The number of hydrogen-bond donors (Lipinski definition) is 3. The molecule has 0 aliphatic heterocycles. The average Bonchev–Trinajstić information content (AvgIpc) is 3.13. The van der Waals surface area contributed by atoms with E-state index in [2.05, 4.69) is 10.6 Å². The van der Waals surface area contributed by atoms with Gasteiger partial charge in [-0.15, -0.1) is 0 Å². The first-order valence-corrected chi connectivity index (χ1v) is 11.0. The van der Waals surface area contributed by atoms with Crippen LogP contribution >= 0.6 is 0 Å². The molecule has 0 aromatic heterocycles. The lowest BCUT2D eigenvalue weighted by Gasteiger charge is -2.24. The number of nitrogens with one attached hydrogen (secondary N) is 2. The molecule has 0 radical (unpaired) electrons. The van der Waals surface area contributed by atoms with Crippen molar-refractivity contribution in [2.24, 2.45) is 5.92 Å². The average molecular weight is 455 g/mol. The number of carbonyl (C=O) groups is 3. The minimum absolute atomic E-state index is 0.103. The van der Waals surface area contributed by atoms with Crippen LogP contribution < -0.4 is 10.6 Å². The van der Waals surface area contributed by atoms with E-state index in [1.54, 1.807) is 6.92 Å². The number of rotatable bonds is 10. The van der Waals surface area contributed by atoms with E-state index in [1.807, 2.05) is 55.5 Å². The molecule has 8 nitrogen and oxygen atoms in total. The van der Waals surface area contributed by atoms with Crippen LogP contribution in [0.2, 0.25) is 0 Å². The quantitative estimate of drug-likeness (QED) is 0.508. The standard InChI is InChI=1S/C25H30N2O6/c1-4-15(2)22(24(29)30)27-23(28)21(14-32-3)26-25(31)33-13-20-18-11-7-5-9-16(18)17-10-6-8-12-19(17)20/h5-12,15,20-22H,4,13-14H2,1-3H3,(H,26,31)(H,27,28)(H,29,30)/t15?,21-,22-/m0/s1. The summed E-state index contributed by atoms with van der Waals surface area (Å²) in [5, 5.41) is 14.4. The second-order valence-electron chi connectivity index (χ2n) is 8.19. The van der Waals surface area contributed by atoms with Crippen LogP contribution in [0.25, 0.3) is 11.1 Å². The van der Waals surface area contributed by atoms with Gasteiger partial charge in [0.1, 0.15) is 18.7 Å². The Morgan fingerprint density at radius 1 is 1.00 bits per heavy atom. The molecule has 3 N–H and O–H groups in total. The predicted octanol–water partition coefficient (Wildman–Crippen LogP) is 3.16. The van der Waals surface area contributed by atoms with E-state index in [0.29, 0.717) is 6.42 Å². The molecule has 1 aliphatic rings. The zero-order valence-electron chi connectivity index (χ0n) is 19.0. The Labute approximate surface area is 193 Å². The van der Waals surface area contributed by atoms with Crippen molar-refractivity contribution >= 4 is 18.0 Å². The van der Waals surface area contributed by atoms with E-state index in [9.17, 15) is 19.5 Å². The summed E-state index contributed by atoms with van der Waals surface area (Å²) in [6, 6.07) is 13.8. The minimum atomic E-state index is -1.13. The van der Waals surface area contributed by atoms with Crippen molar-refractivity contribution in [3.05, 3.63) is 59.7 Å². The number of benzene rings is 2. The molecular formula is C25H30N2O6. The highest BCUT2D eigenvalue weighted by Gasteiger charge is 2.31. The Morgan fingerprint density at radius 3 is 2.09 bits per heavy atom. The molecule has 0 saturated heterocycles. The number of amides is 2. The molecule has 8 heteroatoms. The van der Waals surface area contributed by atoms with Gasteiger partial charge in [-0.25, -0.2) is 9.59 Å². The van der Waals surface area contributed by atoms with Crippen LogP contribution in [0.15, 0.2) is 48.5 Å². The lowest BCUT2D eigenvalue weighted by atomic mass is 9.98. The number of aliphatic carboxylic acids is 1. The Hall–Kier alpha value is -3.39. The highest BCUT2D eigenvalue weighted by atomic mass is 16.5. The van der Waals surface area contributed by atoms with Crippen molar-refractivity contribution in [1.29, 1.82) is 0 Å². The van der Waals surface area contributed by atoms with Crippen molar-refractivity contribution in [3.8, 4) is 11.1 Å². The van der Waals surface area contributed by atoms with Gasteiger partial charge >= 0.3 is 12.1 Å². The molecule has 2 amide bonds. The number of hydrogen-bond acceptors (Lipinski definition) is 5. The molecule has 2 aromatic carbocycles. The summed E-state index contributed by atoms with van der Waals surface area (Å²) in [6.45, 7) is 3.56. The zero-order chi connectivity index (χ0) is 24.0. The molecule has 0 heterocycles. The molecule has 33 heavy (non-hydrogen) atoms. The van der Waals surface area contributed by atoms with Gasteiger partial charge < -0.3 is 25.2 Å². The maximum Gasteiger partial charge on any atom is 0.407 e. The molecule has 1 unspecified atom stereocenters. The van der Waals surface area contributed by atoms with Crippen molar-refractivity contribution in [2.75, 3.05) is 20.3 Å². The van der Waals surface area contributed by atoms with Gasteiger partial charge in [-0.1, -0.05) is 68.8 Å². The van der Waals surface area contributed by atoms with Gasteiger partial charge in [0.05, 0.1) is 6.61 Å².